The molecule has 1 heterocycles. The van der Waals surface area contributed by atoms with E-state index in [9.17, 15) is 18.4 Å². The quantitative estimate of drug-likeness (QED) is 0.605. The Morgan fingerprint density at radius 3 is 2.95 bits per heavy atom. The number of hydrogen-bond donors (Lipinski definition) is 1. The lowest BCUT2D eigenvalue weighted by Crippen LogP contribution is -2.49. The minimum Gasteiger partial charge on any atom is -0.508 e. The van der Waals surface area contributed by atoms with Crippen molar-refractivity contribution in [3.8, 4) is 0 Å². The summed E-state index contributed by atoms with van der Waals surface area (Å²) >= 11 is 0.236. The third kappa shape index (κ3) is 6.58. The Morgan fingerprint density at radius 1 is 1.58 bits per heavy atom. The zero-order valence-corrected chi connectivity index (χ0v) is 11.1. The molecule has 1 aliphatic rings. The Morgan fingerprint density at radius 2 is 2.32 bits per heavy atom. The topological polar surface area (TPSA) is 64.6 Å². The fraction of sp³-hybridized carbons (Fsp3) is 0.600. The highest BCUT2D eigenvalue weighted by atomic mass is 32.2. The highest BCUT2D eigenvalue weighted by Gasteiger charge is 2.34. The maximum absolute atomic E-state index is 12.0. The molecule has 0 aromatic carbocycles. The Bertz CT molecular complexity index is 356. The van der Waals surface area contributed by atoms with E-state index < -0.39 is 30.7 Å². The van der Waals surface area contributed by atoms with Gasteiger partial charge in [0.2, 0.25) is 5.91 Å². The Labute approximate surface area is 114 Å². The van der Waals surface area contributed by atoms with Gasteiger partial charge in [0.05, 0.1) is 18.3 Å². The normalized spacial score (nSPS) is 19.2. The second-order valence-electron chi connectivity index (χ2n) is 3.76. The molecule has 0 saturated heterocycles. The van der Waals surface area contributed by atoms with E-state index in [2.05, 4.69) is 5.32 Å². The van der Waals surface area contributed by atoms with Crippen molar-refractivity contribution in [2.24, 2.45) is 0 Å². The van der Waals surface area contributed by atoms with Crippen LogP contribution in [0.1, 0.15) is 13.3 Å². The fourth-order valence-corrected chi connectivity index (χ4v) is 1.84. The lowest BCUT2D eigenvalue weighted by atomic mass is 9.76. The van der Waals surface area contributed by atoms with Crippen LogP contribution in [0.15, 0.2) is 12.2 Å². The van der Waals surface area contributed by atoms with Crippen LogP contribution in [0.4, 0.5) is 8.78 Å². The van der Waals surface area contributed by atoms with Crippen molar-refractivity contribution < 1.29 is 27.7 Å². The second-order valence-corrected chi connectivity index (χ2v) is 4.74. The summed E-state index contributed by atoms with van der Waals surface area (Å²) < 4.78 is 34.1. The first-order valence-electron chi connectivity index (χ1n) is 5.62. The molecule has 0 spiro atoms. The van der Waals surface area contributed by atoms with Gasteiger partial charge in [0, 0.05) is 6.92 Å². The summed E-state index contributed by atoms with van der Waals surface area (Å²) in [5.74, 6) is -4.61. The van der Waals surface area contributed by atoms with Gasteiger partial charge in [-0.25, -0.2) is 0 Å². The van der Waals surface area contributed by atoms with E-state index in [1.807, 2.05) is 0 Å². The standard InChI is InChI=1S/C10H14BF2NO4S/c1-7(15)18-11-8(4-2-3-5-17-11)14-9(16)6-19-10(12)13/h2-3,8,10H,4-6H2,1H3,(H,14,16). The van der Waals surface area contributed by atoms with Gasteiger partial charge in [-0.2, -0.15) is 8.78 Å². The van der Waals surface area contributed by atoms with Crippen molar-refractivity contribution in [1.29, 1.82) is 0 Å². The van der Waals surface area contributed by atoms with Crippen LogP contribution in [-0.4, -0.2) is 43.1 Å². The van der Waals surface area contributed by atoms with Crippen LogP contribution in [0.5, 0.6) is 0 Å². The summed E-state index contributed by atoms with van der Waals surface area (Å²) in [6.45, 7) is 1.49. The maximum Gasteiger partial charge on any atom is 0.551 e. The van der Waals surface area contributed by atoms with E-state index in [0.717, 1.165) is 0 Å². The Kier molecular flexibility index (Phi) is 6.86. The molecule has 106 valence electrons. The molecular weight excluding hydrogens is 279 g/mol. The Balaban J connectivity index is 2.52. The predicted octanol–water partition coefficient (Wildman–Crippen LogP) is 0.994. The SMILES string of the molecule is CC(=O)OB1OCC=CCC1NC(=O)CSC(F)F. The van der Waals surface area contributed by atoms with Gasteiger partial charge in [0.25, 0.3) is 11.7 Å². The number of alkyl halides is 2. The van der Waals surface area contributed by atoms with Crippen molar-refractivity contribution in [2.45, 2.75) is 25.0 Å². The highest BCUT2D eigenvalue weighted by Crippen LogP contribution is 2.13. The number of carbonyl (C=O) groups excluding carboxylic acids is 2. The van der Waals surface area contributed by atoms with E-state index in [-0.39, 0.29) is 24.1 Å². The zero-order chi connectivity index (χ0) is 14.3. The largest absolute Gasteiger partial charge is 0.551 e. The van der Waals surface area contributed by atoms with E-state index in [1.165, 1.54) is 6.92 Å². The van der Waals surface area contributed by atoms with Crippen LogP contribution in [0.25, 0.3) is 0 Å². The molecule has 5 nitrogen and oxygen atoms in total. The minimum absolute atomic E-state index is 0.236. The number of amides is 1. The van der Waals surface area contributed by atoms with Gasteiger partial charge in [-0.05, 0) is 6.42 Å². The molecule has 0 aromatic rings. The van der Waals surface area contributed by atoms with Crippen LogP contribution in [0.3, 0.4) is 0 Å². The summed E-state index contributed by atoms with van der Waals surface area (Å²) in [6.07, 6.45) is 3.91. The third-order valence-corrected chi connectivity index (χ3v) is 2.89. The van der Waals surface area contributed by atoms with Crippen molar-refractivity contribution in [2.75, 3.05) is 12.4 Å². The van der Waals surface area contributed by atoms with Crippen LogP contribution in [-0.2, 0) is 18.9 Å². The predicted molar refractivity (Wildman–Crippen MR) is 67.6 cm³/mol. The Hall–Kier alpha value is -1.09. The number of thioether (sulfide) groups is 1. The van der Waals surface area contributed by atoms with Crippen molar-refractivity contribution in [3.63, 3.8) is 0 Å². The van der Waals surface area contributed by atoms with Gasteiger partial charge in [-0.1, -0.05) is 23.9 Å². The van der Waals surface area contributed by atoms with Gasteiger partial charge in [-0.3, -0.25) is 9.59 Å². The fourth-order valence-electron chi connectivity index (χ4n) is 1.48. The molecule has 0 bridgehead atoms. The molecule has 0 radical (unpaired) electrons. The number of hydrogen-bond acceptors (Lipinski definition) is 5. The molecule has 1 N–H and O–H groups in total. The molecular formula is C10H14BF2NO4S. The summed E-state index contributed by atoms with van der Waals surface area (Å²) in [6, 6.07) is 0. The molecule has 0 saturated carbocycles. The first kappa shape index (κ1) is 16.0. The highest BCUT2D eigenvalue weighted by molar-refractivity contribution is 8.00. The van der Waals surface area contributed by atoms with Crippen molar-refractivity contribution >= 4 is 30.8 Å². The lowest BCUT2D eigenvalue weighted by molar-refractivity contribution is -0.134. The van der Waals surface area contributed by atoms with Crippen LogP contribution < -0.4 is 5.32 Å². The molecule has 9 heteroatoms. The molecule has 1 aliphatic heterocycles. The van der Waals surface area contributed by atoms with Crippen LogP contribution in [0, 0.1) is 0 Å². The third-order valence-electron chi connectivity index (χ3n) is 2.21. The van der Waals surface area contributed by atoms with E-state index in [4.69, 9.17) is 9.31 Å². The van der Waals surface area contributed by atoms with Crippen LogP contribution >= 0.6 is 11.8 Å². The number of halogens is 2. The first-order valence-corrected chi connectivity index (χ1v) is 6.67. The molecule has 1 atom stereocenters. The maximum atomic E-state index is 12.0. The average molecular weight is 293 g/mol. The monoisotopic (exact) mass is 293 g/mol. The molecule has 0 fully saturated rings. The molecule has 0 aliphatic carbocycles. The van der Waals surface area contributed by atoms with E-state index >= 15 is 0 Å². The van der Waals surface area contributed by atoms with Gasteiger partial charge in [-0.15, -0.1) is 0 Å². The van der Waals surface area contributed by atoms with Crippen molar-refractivity contribution in [1.82, 2.24) is 5.32 Å². The summed E-state index contributed by atoms with van der Waals surface area (Å²) in [7, 11) is -0.909. The number of nitrogens with one attached hydrogen (secondary N) is 1. The molecule has 1 amide bonds. The lowest BCUT2D eigenvalue weighted by Gasteiger charge is -2.20. The average Bonchev–Trinajstić information content (AvgIpc) is 2.52. The smallest absolute Gasteiger partial charge is 0.508 e. The van der Waals surface area contributed by atoms with Crippen LogP contribution in [0.2, 0.25) is 0 Å². The van der Waals surface area contributed by atoms with Gasteiger partial charge < -0.3 is 14.6 Å². The van der Waals surface area contributed by atoms with E-state index in [1.54, 1.807) is 12.2 Å². The number of carbonyl (C=O) groups is 2. The minimum atomic E-state index is -2.60. The summed E-state index contributed by atoms with van der Waals surface area (Å²) in [5, 5.41) is 2.52. The summed E-state index contributed by atoms with van der Waals surface area (Å²) in [4.78, 5) is 22.4. The van der Waals surface area contributed by atoms with Gasteiger partial charge >= 0.3 is 7.12 Å². The van der Waals surface area contributed by atoms with Gasteiger partial charge in [0.1, 0.15) is 0 Å². The molecule has 1 unspecified atom stereocenters. The molecule has 1 rings (SSSR count). The zero-order valence-electron chi connectivity index (χ0n) is 10.3. The van der Waals surface area contributed by atoms with Crippen molar-refractivity contribution in [3.05, 3.63) is 12.2 Å². The first-order chi connectivity index (χ1) is 8.99. The van der Waals surface area contributed by atoms with E-state index in [0.29, 0.717) is 6.42 Å². The molecule has 0 aromatic heterocycles. The van der Waals surface area contributed by atoms with Gasteiger partial charge in [0.15, 0.2) is 0 Å². The number of rotatable bonds is 5. The molecule has 19 heavy (non-hydrogen) atoms. The second kappa shape index (κ2) is 8.16. The summed E-state index contributed by atoms with van der Waals surface area (Å²) in [5.41, 5.74) is 0.